The molecule has 26 heavy (non-hydrogen) atoms. The number of para-hydroxylation sites is 1. The number of anilines is 1. The van der Waals surface area contributed by atoms with Gasteiger partial charge < -0.3 is 14.7 Å². The molecule has 0 aliphatic carbocycles. The first-order valence-corrected chi connectivity index (χ1v) is 9.77. The summed E-state index contributed by atoms with van der Waals surface area (Å²) < 4.78 is 31.6. The summed E-state index contributed by atoms with van der Waals surface area (Å²) >= 11 is 0. The van der Waals surface area contributed by atoms with Crippen molar-refractivity contribution in [1.82, 2.24) is 0 Å². The third kappa shape index (κ3) is 4.79. The van der Waals surface area contributed by atoms with Gasteiger partial charge in [0, 0.05) is 5.69 Å². The van der Waals surface area contributed by atoms with Crippen LogP contribution in [-0.2, 0) is 15.7 Å². The molecule has 0 aliphatic rings. The third-order valence-corrected chi connectivity index (χ3v) is 5.43. The molecule has 2 atom stereocenters. The number of nitrogens with one attached hydrogen (secondary N) is 1. The van der Waals surface area contributed by atoms with Crippen LogP contribution >= 0.6 is 7.60 Å². The number of halogens is 1. The van der Waals surface area contributed by atoms with Gasteiger partial charge in [-0.15, -0.1) is 0 Å². The van der Waals surface area contributed by atoms with Crippen molar-refractivity contribution in [1.29, 1.82) is 0 Å². The van der Waals surface area contributed by atoms with Gasteiger partial charge in [0.1, 0.15) is 5.82 Å². The topological polar surface area (TPSA) is 58.6 Å². The highest BCUT2D eigenvalue weighted by atomic mass is 31.2. The normalized spacial score (nSPS) is 14.4. The molecule has 0 bridgehead atoms. The molecule has 0 radical (unpaired) electrons. The van der Waals surface area contributed by atoms with Crippen LogP contribution in [0, 0.1) is 5.82 Å². The summed E-state index contributed by atoms with van der Waals surface area (Å²) in [7, 11) is -4.10. The van der Waals surface area contributed by atoms with E-state index in [4.69, 9.17) is 4.52 Å². The van der Waals surface area contributed by atoms with E-state index in [0.717, 1.165) is 5.56 Å². The maximum absolute atomic E-state index is 13.3. The Morgan fingerprint density at radius 3 is 2.12 bits per heavy atom. The quantitative estimate of drug-likeness (QED) is 0.551. The first kappa shape index (κ1) is 18.3. The molecule has 0 heterocycles. The van der Waals surface area contributed by atoms with Crippen LogP contribution in [0.3, 0.4) is 0 Å². The van der Waals surface area contributed by atoms with Crippen molar-refractivity contribution >= 4 is 13.3 Å². The van der Waals surface area contributed by atoms with E-state index in [1.807, 2.05) is 48.5 Å². The summed E-state index contributed by atoms with van der Waals surface area (Å²) in [6.45, 7) is 0.00276. The van der Waals surface area contributed by atoms with Gasteiger partial charge in [0.15, 0.2) is 5.78 Å². The Hall–Kier alpha value is -2.46. The van der Waals surface area contributed by atoms with Crippen LogP contribution in [-0.4, -0.2) is 4.89 Å². The number of hydrogen-bond donors (Lipinski definition) is 2. The second-order valence-corrected chi connectivity index (χ2v) is 7.69. The largest absolute Gasteiger partial charge is 0.368 e. The van der Waals surface area contributed by atoms with Crippen molar-refractivity contribution in [3.63, 3.8) is 0 Å². The van der Waals surface area contributed by atoms with Gasteiger partial charge in [0.25, 0.3) is 0 Å². The number of rotatable bonds is 7. The molecule has 2 N–H and O–H groups in total. The van der Waals surface area contributed by atoms with Gasteiger partial charge in [-0.2, -0.15) is 0 Å². The maximum Gasteiger partial charge on any atom is 0.355 e. The summed E-state index contributed by atoms with van der Waals surface area (Å²) in [6.07, 6.45) is 0. The van der Waals surface area contributed by atoms with Crippen molar-refractivity contribution < 1.29 is 18.4 Å². The van der Waals surface area contributed by atoms with E-state index < -0.39 is 19.2 Å². The summed E-state index contributed by atoms with van der Waals surface area (Å²) in [5.41, 5.74) is 1.92. The Kier molecular flexibility index (Phi) is 5.84. The van der Waals surface area contributed by atoms with Crippen LogP contribution in [0.5, 0.6) is 0 Å². The first-order valence-electron chi connectivity index (χ1n) is 8.12. The van der Waals surface area contributed by atoms with Crippen molar-refractivity contribution in [2.45, 2.75) is 12.4 Å². The Labute approximate surface area is 151 Å². The van der Waals surface area contributed by atoms with E-state index >= 15 is 0 Å². The third-order valence-electron chi connectivity index (χ3n) is 3.85. The van der Waals surface area contributed by atoms with E-state index in [-0.39, 0.29) is 6.61 Å². The van der Waals surface area contributed by atoms with Gasteiger partial charge in [-0.1, -0.05) is 60.7 Å². The van der Waals surface area contributed by atoms with Crippen molar-refractivity contribution in [3.05, 3.63) is 102 Å². The van der Waals surface area contributed by atoms with E-state index in [2.05, 4.69) is 5.32 Å². The van der Waals surface area contributed by atoms with Gasteiger partial charge in [0.05, 0.1) is 6.61 Å². The Morgan fingerprint density at radius 1 is 0.923 bits per heavy atom. The summed E-state index contributed by atoms with van der Waals surface area (Å²) in [5.74, 6) is -1.43. The zero-order valence-electron chi connectivity index (χ0n) is 14.0. The molecule has 0 fully saturated rings. The molecule has 0 amide bonds. The molecule has 6 heteroatoms. The van der Waals surface area contributed by atoms with E-state index in [1.165, 1.54) is 24.3 Å². The van der Waals surface area contributed by atoms with Crippen LogP contribution in [0.1, 0.15) is 16.9 Å². The fourth-order valence-electron chi connectivity index (χ4n) is 2.51. The highest BCUT2D eigenvalue weighted by molar-refractivity contribution is 7.53. The first-order chi connectivity index (χ1) is 12.5. The molecule has 4 nitrogen and oxygen atoms in total. The van der Waals surface area contributed by atoms with E-state index in [0.29, 0.717) is 11.3 Å². The summed E-state index contributed by atoms with van der Waals surface area (Å²) in [5, 5.41) is 3.03. The second kappa shape index (κ2) is 8.28. The Bertz CT molecular complexity index is 873. The Balaban J connectivity index is 1.85. The van der Waals surface area contributed by atoms with Crippen molar-refractivity contribution in [3.8, 4) is 0 Å². The second-order valence-electron chi connectivity index (χ2n) is 5.79. The average molecular weight is 371 g/mol. The zero-order chi connectivity index (χ0) is 18.4. The lowest BCUT2D eigenvalue weighted by molar-refractivity contribution is 0.244. The molecule has 0 saturated carbocycles. The molecule has 0 spiro atoms. The molecule has 0 aromatic heterocycles. The predicted octanol–water partition coefficient (Wildman–Crippen LogP) is 5.34. The van der Waals surface area contributed by atoms with Crippen LogP contribution in [0.4, 0.5) is 10.1 Å². The van der Waals surface area contributed by atoms with Gasteiger partial charge in [-0.3, -0.25) is 4.57 Å². The minimum atomic E-state index is -4.10. The monoisotopic (exact) mass is 371 g/mol. The van der Waals surface area contributed by atoms with Crippen LogP contribution in [0.15, 0.2) is 84.9 Å². The molecule has 3 aromatic rings. The lowest BCUT2D eigenvalue weighted by atomic mass is 10.2. The fraction of sp³-hybridized carbons (Fsp3) is 0.100. The molecule has 0 saturated heterocycles. The van der Waals surface area contributed by atoms with Gasteiger partial charge >= 0.3 is 7.60 Å². The molecular weight excluding hydrogens is 352 g/mol. The van der Waals surface area contributed by atoms with Crippen LogP contribution in [0.2, 0.25) is 0 Å². The van der Waals surface area contributed by atoms with Crippen LogP contribution in [0.25, 0.3) is 0 Å². The SMILES string of the molecule is O=P(O)(OCc1ccccc1)C(Nc1ccccc1)c1ccc(F)cc1. The minimum Gasteiger partial charge on any atom is -0.368 e. The minimum absolute atomic E-state index is 0.00276. The molecule has 0 aliphatic heterocycles. The number of benzene rings is 3. The lowest BCUT2D eigenvalue weighted by Crippen LogP contribution is -2.13. The number of hydrogen-bond acceptors (Lipinski definition) is 3. The Morgan fingerprint density at radius 2 is 1.50 bits per heavy atom. The highest BCUT2D eigenvalue weighted by Gasteiger charge is 2.34. The highest BCUT2D eigenvalue weighted by Crippen LogP contribution is 2.56. The maximum atomic E-state index is 13.3. The smallest absolute Gasteiger partial charge is 0.355 e. The van der Waals surface area contributed by atoms with E-state index in [1.54, 1.807) is 12.1 Å². The lowest BCUT2D eigenvalue weighted by Gasteiger charge is -2.25. The van der Waals surface area contributed by atoms with Gasteiger partial charge in [0.2, 0.25) is 0 Å². The fourth-order valence-corrected chi connectivity index (χ4v) is 3.85. The zero-order valence-corrected chi connectivity index (χ0v) is 14.9. The molecule has 3 aromatic carbocycles. The molecule has 2 unspecified atom stereocenters. The summed E-state index contributed by atoms with van der Waals surface area (Å²) in [4.78, 5) is 10.6. The average Bonchev–Trinajstić information content (AvgIpc) is 2.67. The van der Waals surface area contributed by atoms with Gasteiger partial charge in [-0.05, 0) is 35.4 Å². The van der Waals surface area contributed by atoms with Crippen molar-refractivity contribution in [2.75, 3.05) is 5.32 Å². The summed E-state index contributed by atoms with van der Waals surface area (Å²) in [6, 6.07) is 23.7. The van der Waals surface area contributed by atoms with E-state index in [9.17, 15) is 13.8 Å². The molecular formula is C20H19FNO3P. The van der Waals surface area contributed by atoms with Crippen LogP contribution < -0.4 is 5.32 Å². The van der Waals surface area contributed by atoms with Crippen molar-refractivity contribution in [2.24, 2.45) is 0 Å². The molecule has 134 valence electrons. The predicted molar refractivity (Wildman–Crippen MR) is 100 cm³/mol. The standard InChI is InChI=1S/C20H19FNO3P/c21-18-13-11-17(12-14-18)20(22-19-9-5-2-6-10-19)26(23,24)25-15-16-7-3-1-4-8-16/h1-14,20,22H,15H2,(H,23,24). The van der Waals surface area contributed by atoms with Gasteiger partial charge in [-0.25, -0.2) is 4.39 Å². The molecule has 3 rings (SSSR count).